The molecule has 0 aliphatic carbocycles. The Balaban J connectivity index is 1.70. The summed E-state index contributed by atoms with van der Waals surface area (Å²) in [6.45, 7) is 0. The zero-order valence-electron chi connectivity index (χ0n) is 14.6. The van der Waals surface area contributed by atoms with Crippen LogP contribution in [0.2, 0.25) is 10.0 Å². The minimum atomic E-state index is -0.249. The van der Waals surface area contributed by atoms with Crippen LogP contribution in [0.4, 0.5) is 5.69 Å². The van der Waals surface area contributed by atoms with Crippen molar-refractivity contribution in [2.45, 2.75) is 6.42 Å². The first-order valence-corrected chi connectivity index (χ1v) is 8.68. The van der Waals surface area contributed by atoms with E-state index in [2.05, 4.69) is 10.5 Å². The van der Waals surface area contributed by atoms with Gasteiger partial charge in [-0.1, -0.05) is 28.4 Å². The fraction of sp³-hybridized carbons (Fsp3) is 0.158. The van der Waals surface area contributed by atoms with E-state index in [4.69, 9.17) is 37.2 Å². The molecule has 1 N–H and O–H groups in total. The van der Waals surface area contributed by atoms with E-state index in [0.717, 1.165) is 5.56 Å². The lowest BCUT2D eigenvalue weighted by Gasteiger charge is -2.07. The third-order valence-corrected chi connectivity index (χ3v) is 4.51. The van der Waals surface area contributed by atoms with Gasteiger partial charge in [0.2, 0.25) is 5.91 Å². The molecule has 0 fully saturated rings. The van der Waals surface area contributed by atoms with Gasteiger partial charge in [-0.25, -0.2) is 0 Å². The summed E-state index contributed by atoms with van der Waals surface area (Å²) < 4.78 is 15.8. The van der Waals surface area contributed by atoms with Crippen molar-refractivity contribution in [2.24, 2.45) is 0 Å². The highest BCUT2D eigenvalue weighted by molar-refractivity contribution is 6.42. The van der Waals surface area contributed by atoms with Crippen LogP contribution in [-0.2, 0) is 11.2 Å². The average molecular weight is 407 g/mol. The Hall–Kier alpha value is -2.70. The normalized spacial score (nSPS) is 10.5. The maximum atomic E-state index is 12.2. The number of carbonyl (C=O) groups excluding carboxylic acids is 1. The molecule has 0 bridgehead atoms. The largest absolute Gasteiger partial charge is 0.493 e. The first-order chi connectivity index (χ1) is 13.0. The van der Waals surface area contributed by atoms with Gasteiger partial charge in [0, 0.05) is 17.3 Å². The fourth-order valence-corrected chi connectivity index (χ4v) is 2.76. The van der Waals surface area contributed by atoms with Gasteiger partial charge in [-0.15, -0.1) is 0 Å². The summed E-state index contributed by atoms with van der Waals surface area (Å²) in [5.74, 6) is 1.46. The van der Waals surface area contributed by atoms with Crippen molar-refractivity contribution in [3.05, 3.63) is 58.2 Å². The first-order valence-electron chi connectivity index (χ1n) is 7.93. The Morgan fingerprint density at radius 3 is 2.52 bits per heavy atom. The lowest BCUT2D eigenvalue weighted by atomic mass is 10.1. The Morgan fingerprint density at radius 1 is 1.04 bits per heavy atom. The second-order valence-electron chi connectivity index (χ2n) is 5.61. The smallest absolute Gasteiger partial charge is 0.230 e. The zero-order valence-corrected chi connectivity index (χ0v) is 16.1. The lowest BCUT2D eigenvalue weighted by Crippen LogP contribution is -2.14. The standard InChI is InChI=1S/C19H16Cl2N2O4/c1-25-16-6-3-11(7-18(16)26-2)17-9-13(23-27-17)10-19(24)22-12-4-5-14(20)15(21)8-12/h3-9H,10H2,1-2H3,(H,22,24). The van der Waals surface area contributed by atoms with Crippen molar-refractivity contribution < 1.29 is 18.8 Å². The highest BCUT2D eigenvalue weighted by atomic mass is 35.5. The minimum Gasteiger partial charge on any atom is -0.493 e. The van der Waals surface area contributed by atoms with E-state index in [1.807, 2.05) is 6.07 Å². The van der Waals surface area contributed by atoms with Crippen LogP contribution in [-0.4, -0.2) is 25.3 Å². The van der Waals surface area contributed by atoms with Gasteiger partial charge in [-0.3, -0.25) is 4.79 Å². The van der Waals surface area contributed by atoms with Crippen LogP contribution in [0.5, 0.6) is 11.5 Å². The molecule has 0 aliphatic heterocycles. The highest BCUT2D eigenvalue weighted by Crippen LogP contribution is 2.32. The molecular formula is C19H16Cl2N2O4. The summed E-state index contributed by atoms with van der Waals surface area (Å²) in [7, 11) is 3.12. The van der Waals surface area contributed by atoms with Gasteiger partial charge in [-0.2, -0.15) is 0 Å². The van der Waals surface area contributed by atoms with Crippen LogP contribution in [0.1, 0.15) is 5.69 Å². The Morgan fingerprint density at radius 2 is 1.81 bits per heavy atom. The molecule has 3 aromatic rings. The molecule has 0 aliphatic rings. The maximum Gasteiger partial charge on any atom is 0.230 e. The molecular weight excluding hydrogens is 391 g/mol. The fourth-order valence-electron chi connectivity index (χ4n) is 2.46. The number of aromatic nitrogens is 1. The van der Waals surface area contributed by atoms with Crippen molar-refractivity contribution in [2.75, 3.05) is 19.5 Å². The number of hydrogen-bond acceptors (Lipinski definition) is 5. The van der Waals surface area contributed by atoms with Crippen molar-refractivity contribution in [1.82, 2.24) is 5.16 Å². The molecule has 0 atom stereocenters. The summed E-state index contributed by atoms with van der Waals surface area (Å²) in [4.78, 5) is 12.2. The molecule has 2 aromatic carbocycles. The molecule has 0 radical (unpaired) electrons. The molecule has 1 heterocycles. The third kappa shape index (κ3) is 4.53. The summed E-state index contributed by atoms with van der Waals surface area (Å²) in [5, 5.41) is 7.48. The Bertz CT molecular complexity index is 972. The second kappa shape index (κ2) is 8.33. The molecule has 0 spiro atoms. The molecule has 0 saturated carbocycles. The number of methoxy groups -OCH3 is 2. The van der Waals surface area contributed by atoms with Crippen molar-refractivity contribution >= 4 is 34.8 Å². The SMILES string of the molecule is COc1ccc(-c2cc(CC(=O)Nc3ccc(Cl)c(Cl)c3)no2)cc1OC. The van der Waals surface area contributed by atoms with Gasteiger partial charge in [0.15, 0.2) is 17.3 Å². The Labute approximate surface area is 166 Å². The topological polar surface area (TPSA) is 73.6 Å². The number of carbonyl (C=O) groups is 1. The monoisotopic (exact) mass is 406 g/mol. The number of amides is 1. The Kier molecular flexibility index (Phi) is 5.88. The van der Waals surface area contributed by atoms with Crippen LogP contribution < -0.4 is 14.8 Å². The number of ether oxygens (including phenoxy) is 2. The van der Waals surface area contributed by atoms with Crippen LogP contribution in [0.25, 0.3) is 11.3 Å². The number of hydrogen-bond donors (Lipinski definition) is 1. The van der Waals surface area contributed by atoms with E-state index < -0.39 is 0 Å². The summed E-state index contributed by atoms with van der Waals surface area (Å²) in [6.07, 6.45) is 0.0526. The zero-order chi connectivity index (χ0) is 19.4. The highest BCUT2D eigenvalue weighted by Gasteiger charge is 2.13. The quantitative estimate of drug-likeness (QED) is 0.633. The molecule has 0 unspecified atom stereocenters. The van der Waals surface area contributed by atoms with Crippen LogP contribution in [0, 0.1) is 0 Å². The molecule has 0 saturated heterocycles. The summed E-state index contributed by atoms with van der Waals surface area (Å²) in [5.41, 5.74) is 1.81. The minimum absolute atomic E-state index is 0.0526. The maximum absolute atomic E-state index is 12.2. The second-order valence-corrected chi connectivity index (χ2v) is 6.42. The van der Waals surface area contributed by atoms with Gasteiger partial charge in [0.25, 0.3) is 0 Å². The van der Waals surface area contributed by atoms with E-state index in [1.54, 1.807) is 50.6 Å². The van der Waals surface area contributed by atoms with E-state index in [9.17, 15) is 4.79 Å². The van der Waals surface area contributed by atoms with E-state index in [-0.39, 0.29) is 12.3 Å². The summed E-state index contributed by atoms with van der Waals surface area (Å²) >= 11 is 11.8. The van der Waals surface area contributed by atoms with Gasteiger partial charge in [0.05, 0.1) is 36.4 Å². The molecule has 6 nitrogen and oxygen atoms in total. The number of nitrogens with one attached hydrogen (secondary N) is 1. The average Bonchev–Trinajstić information content (AvgIpc) is 3.12. The summed E-state index contributed by atoms with van der Waals surface area (Å²) in [6, 6.07) is 11.9. The number of halogens is 2. The number of nitrogens with zero attached hydrogens (tertiary/aromatic N) is 1. The molecule has 3 rings (SSSR count). The van der Waals surface area contributed by atoms with Crippen molar-refractivity contribution in [3.8, 4) is 22.8 Å². The van der Waals surface area contributed by atoms with Gasteiger partial charge >= 0.3 is 0 Å². The van der Waals surface area contributed by atoms with E-state index >= 15 is 0 Å². The molecule has 8 heteroatoms. The van der Waals surface area contributed by atoms with Crippen molar-refractivity contribution in [1.29, 1.82) is 0 Å². The van der Waals surface area contributed by atoms with Gasteiger partial charge < -0.3 is 19.3 Å². The van der Waals surface area contributed by atoms with Gasteiger partial charge in [-0.05, 0) is 36.4 Å². The van der Waals surface area contributed by atoms with E-state index in [0.29, 0.717) is 38.7 Å². The molecule has 1 amide bonds. The number of rotatable bonds is 6. The predicted octanol–water partition coefficient (Wildman–Crippen LogP) is 4.85. The molecule has 27 heavy (non-hydrogen) atoms. The van der Waals surface area contributed by atoms with Crippen LogP contribution in [0.3, 0.4) is 0 Å². The first kappa shape index (κ1) is 19.1. The van der Waals surface area contributed by atoms with Gasteiger partial charge in [0.1, 0.15) is 0 Å². The third-order valence-electron chi connectivity index (χ3n) is 3.77. The van der Waals surface area contributed by atoms with Crippen molar-refractivity contribution in [3.63, 3.8) is 0 Å². The predicted molar refractivity (Wildman–Crippen MR) is 104 cm³/mol. The molecule has 140 valence electrons. The molecule has 1 aromatic heterocycles. The van der Waals surface area contributed by atoms with Crippen LogP contribution in [0.15, 0.2) is 47.0 Å². The number of anilines is 1. The number of benzene rings is 2. The van der Waals surface area contributed by atoms with Crippen LogP contribution >= 0.6 is 23.2 Å². The lowest BCUT2D eigenvalue weighted by molar-refractivity contribution is -0.115. The van der Waals surface area contributed by atoms with E-state index in [1.165, 1.54) is 0 Å².